The van der Waals surface area contributed by atoms with E-state index < -0.39 is 0 Å². The summed E-state index contributed by atoms with van der Waals surface area (Å²) in [5.41, 5.74) is 4.78. The first kappa shape index (κ1) is 20.3. The highest BCUT2D eigenvalue weighted by Gasteiger charge is 2.16. The van der Waals surface area contributed by atoms with Gasteiger partial charge in [0.1, 0.15) is 5.82 Å². The fourth-order valence-electron chi connectivity index (χ4n) is 3.67. The van der Waals surface area contributed by atoms with Crippen LogP contribution in [0.5, 0.6) is 0 Å². The molecule has 156 valence electrons. The molecular formula is C25H22FN3O2. The van der Waals surface area contributed by atoms with Crippen molar-refractivity contribution in [3.8, 4) is 0 Å². The molecular weight excluding hydrogens is 393 g/mol. The van der Waals surface area contributed by atoms with Crippen LogP contribution in [-0.2, 0) is 11.2 Å². The van der Waals surface area contributed by atoms with Gasteiger partial charge >= 0.3 is 0 Å². The fourth-order valence-corrected chi connectivity index (χ4v) is 3.67. The van der Waals surface area contributed by atoms with Crippen molar-refractivity contribution >= 4 is 34.1 Å². The van der Waals surface area contributed by atoms with Crippen molar-refractivity contribution in [2.24, 2.45) is 0 Å². The van der Waals surface area contributed by atoms with Crippen LogP contribution >= 0.6 is 0 Å². The topological polar surface area (TPSA) is 74.0 Å². The second kappa shape index (κ2) is 8.44. The van der Waals surface area contributed by atoms with Gasteiger partial charge in [0.15, 0.2) is 0 Å². The number of anilines is 2. The molecule has 2 amide bonds. The third-order valence-corrected chi connectivity index (χ3v) is 5.30. The molecule has 5 nitrogen and oxygen atoms in total. The molecule has 31 heavy (non-hydrogen) atoms. The lowest BCUT2D eigenvalue weighted by Gasteiger charge is -2.13. The lowest BCUT2D eigenvalue weighted by Crippen LogP contribution is -2.18. The van der Waals surface area contributed by atoms with Gasteiger partial charge < -0.3 is 15.6 Å². The minimum atomic E-state index is -0.346. The fraction of sp³-hybridized carbons (Fsp3) is 0.120. The Morgan fingerprint density at radius 1 is 0.935 bits per heavy atom. The Hall–Kier alpha value is -3.93. The molecule has 3 aromatic carbocycles. The number of carbonyl (C=O) groups excluding carboxylic acids is 2. The van der Waals surface area contributed by atoms with E-state index >= 15 is 0 Å². The van der Waals surface area contributed by atoms with Crippen LogP contribution in [0.4, 0.5) is 15.8 Å². The van der Waals surface area contributed by atoms with Crippen molar-refractivity contribution in [2.45, 2.75) is 20.3 Å². The third-order valence-electron chi connectivity index (χ3n) is 5.30. The Labute approximate surface area is 179 Å². The number of benzene rings is 3. The predicted molar refractivity (Wildman–Crippen MR) is 121 cm³/mol. The van der Waals surface area contributed by atoms with Gasteiger partial charge in [0.2, 0.25) is 5.91 Å². The molecule has 0 fully saturated rings. The quantitative estimate of drug-likeness (QED) is 0.411. The smallest absolute Gasteiger partial charge is 0.256 e. The Bertz CT molecular complexity index is 1280. The number of para-hydroxylation sites is 1. The van der Waals surface area contributed by atoms with E-state index in [1.165, 1.54) is 12.1 Å². The molecule has 1 heterocycles. The largest absolute Gasteiger partial charge is 0.358 e. The second-order valence-electron chi connectivity index (χ2n) is 7.44. The SMILES string of the molecule is Cc1[nH]c2ccc(F)cc2c1CC(=O)Nc1cccc(C(=O)Nc2ccccc2)c1C. The van der Waals surface area contributed by atoms with E-state index in [4.69, 9.17) is 0 Å². The monoisotopic (exact) mass is 415 g/mol. The van der Waals surface area contributed by atoms with Crippen molar-refractivity contribution in [1.82, 2.24) is 4.98 Å². The molecule has 0 spiro atoms. The summed E-state index contributed by atoms with van der Waals surface area (Å²) in [7, 11) is 0. The Morgan fingerprint density at radius 2 is 1.71 bits per heavy atom. The number of fused-ring (bicyclic) bond motifs is 1. The number of aromatic nitrogens is 1. The number of hydrogen-bond acceptors (Lipinski definition) is 2. The van der Waals surface area contributed by atoms with Gasteiger partial charge in [-0.3, -0.25) is 9.59 Å². The van der Waals surface area contributed by atoms with Crippen LogP contribution in [0.25, 0.3) is 10.9 Å². The van der Waals surface area contributed by atoms with Gasteiger partial charge in [-0.1, -0.05) is 24.3 Å². The van der Waals surface area contributed by atoms with E-state index in [2.05, 4.69) is 15.6 Å². The Kier molecular flexibility index (Phi) is 5.54. The van der Waals surface area contributed by atoms with Crippen LogP contribution in [0.15, 0.2) is 66.7 Å². The standard InChI is InChI=1S/C25H22FN3O2/c1-15-19(25(31)28-18-7-4-3-5-8-18)9-6-10-22(15)29-24(30)14-20-16(2)27-23-12-11-17(26)13-21(20)23/h3-13,27H,14H2,1-2H3,(H,28,31)(H,29,30). The first-order valence-electron chi connectivity index (χ1n) is 9.95. The molecule has 0 saturated heterocycles. The summed E-state index contributed by atoms with van der Waals surface area (Å²) in [5.74, 6) is -0.833. The van der Waals surface area contributed by atoms with E-state index in [-0.39, 0.29) is 24.1 Å². The predicted octanol–water partition coefficient (Wildman–Crippen LogP) is 5.36. The van der Waals surface area contributed by atoms with Crippen molar-refractivity contribution in [3.05, 3.63) is 94.9 Å². The molecule has 0 bridgehead atoms. The number of nitrogens with one attached hydrogen (secondary N) is 3. The zero-order valence-corrected chi connectivity index (χ0v) is 17.3. The maximum atomic E-state index is 13.7. The van der Waals surface area contributed by atoms with Crippen LogP contribution < -0.4 is 10.6 Å². The zero-order chi connectivity index (χ0) is 22.0. The minimum Gasteiger partial charge on any atom is -0.358 e. The van der Waals surface area contributed by atoms with Gasteiger partial charge in [0, 0.05) is 33.5 Å². The van der Waals surface area contributed by atoms with E-state index in [1.807, 2.05) is 37.3 Å². The number of aromatic amines is 1. The molecule has 6 heteroatoms. The summed E-state index contributed by atoms with van der Waals surface area (Å²) in [5, 5.41) is 6.44. The molecule has 0 saturated carbocycles. The highest BCUT2D eigenvalue weighted by molar-refractivity contribution is 6.07. The maximum Gasteiger partial charge on any atom is 0.256 e. The number of hydrogen-bond donors (Lipinski definition) is 3. The molecule has 1 aromatic heterocycles. The summed E-state index contributed by atoms with van der Waals surface area (Å²) in [6.45, 7) is 3.65. The van der Waals surface area contributed by atoms with Crippen LogP contribution in [0, 0.1) is 19.7 Å². The van der Waals surface area contributed by atoms with Crippen molar-refractivity contribution in [1.29, 1.82) is 0 Å². The van der Waals surface area contributed by atoms with Crippen molar-refractivity contribution < 1.29 is 14.0 Å². The molecule has 4 aromatic rings. The van der Waals surface area contributed by atoms with E-state index in [0.29, 0.717) is 27.9 Å². The van der Waals surface area contributed by atoms with Crippen molar-refractivity contribution in [3.63, 3.8) is 0 Å². The molecule has 4 rings (SSSR count). The molecule has 0 aliphatic rings. The lowest BCUT2D eigenvalue weighted by atomic mass is 10.0. The van der Waals surface area contributed by atoms with Crippen LogP contribution in [-0.4, -0.2) is 16.8 Å². The summed E-state index contributed by atoms with van der Waals surface area (Å²) in [6.07, 6.45) is 0.0924. The Morgan fingerprint density at radius 3 is 2.48 bits per heavy atom. The molecule has 0 atom stereocenters. The maximum absolute atomic E-state index is 13.7. The molecule has 3 N–H and O–H groups in total. The number of aryl methyl sites for hydroxylation is 1. The number of amides is 2. The highest BCUT2D eigenvalue weighted by Crippen LogP contribution is 2.25. The van der Waals surface area contributed by atoms with Gasteiger partial charge in [0.25, 0.3) is 5.91 Å². The van der Waals surface area contributed by atoms with Gasteiger partial charge in [-0.15, -0.1) is 0 Å². The average Bonchev–Trinajstić information content (AvgIpc) is 3.05. The van der Waals surface area contributed by atoms with Gasteiger partial charge in [-0.05, 0) is 67.4 Å². The van der Waals surface area contributed by atoms with E-state index in [0.717, 1.165) is 16.8 Å². The summed E-state index contributed by atoms with van der Waals surface area (Å²) in [4.78, 5) is 28.6. The summed E-state index contributed by atoms with van der Waals surface area (Å²) in [6, 6.07) is 18.9. The first-order chi connectivity index (χ1) is 14.9. The Balaban J connectivity index is 1.53. The number of carbonyl (C=O) groups is 2. The molecule has 0 aliphatic heterocycles. The summed E-state index contributed by atoms with van der Waals surface area (Å²) < 4.78 is 13.7. The van der Waals surface area contributed by atoms with Crippen molar-refractivity contribution in [2.75, 3.05) is 10.6 Å². The average molecular weight is 415 g/mol. The molecule has 0 radical (unpaired) electrons. The minimum absolute atomic E-state index is 0.0924. The first-order valence-corrected chi connectivity index (χ1v) is 9.95. The van der Waals surface area contributed by atoms with Crippen LogP contribution in [0.2, 0.25) is 0 Å². The molecule has 0 aliphatic carbocycles. The summed E-state index contributed by atoms with van der Waals surface area (Å²) >= 11 is 0. The normalized spacial score (nSPS) is 10.8. The van der Waals surface area contributed by atoms with Gasteiger partial charge in [-0.2, -0.15) is 0 Å². The van der Waals surface area contributed by atoms with Gasteiger partial charge in [-0.25, -0.2) is 4.39 Å². The van der Waals surface area contributed by atoms with Crippen LogP contribution in [0.3, 0.4) is 0 Å². The van der Waals surface area contributed by atoms with Gasteiger partial charge in [0.05, 0.1) is 6.42 Å². The lowest BCUT2D eigenvalue weighted by molar-refractivity contribution is -0.115. The highest BCUT2D eigenvalue weighted by atomic mass is 19.1. The molecule has 0 unspecified atom stereocenters. The number of halogens is 1. The van der Waals surface area contributed by atoms with E-state index in [9.17, 15) is 14.0 Å². The number of rotatable bonds is 5. The zero-order valence-electron chi connectivity index (χ0n) is 17.3. The third kappa shape index (κ3) is 4.33. The van der Waals surface area contributed by atoms with Crippen LogP contribution in [0.1, 0.15) is 27.2 Å². The van der Waals surface area contributed by atoms with E-state index in [1.54, 1.807) is 31.2 Å². The second-order valence-corrected chi connectivity index (χ2v) is 7.44. The number of H-pyrrole nitrogens is 1.